The zero-order valence-corrected chi connectivity index (χ0v) is 31.0. The molecule has 6 N–H and O–H groups in total. The molecule has 54 heavy (non-hydrogen) atoms. The molecule has 4 fully saturated rings. The number of esters is 2. The molecule has 1 aromatic rings. The number of carbonyl (C=O) groups excluding carboxylic acids is 3. The molecular formula is C38H53NO15. The molecule has 2 aliphatic heterocycles. The maximum atomic E-state index is 13.0. The van der Waals surface area contributed by atoms with Crippen molar-refractivity contribution in [3.05, 3.63) is 29.3 Å². The summed E-state index contributed by atoms with van der Waals surface area (Å²) < 4.78 is 33.6. The molecule has 2 saturated heterocycles. The lowest BCUT2D eigenvalue weighted by Gasteiger charge is -2.50. The number of phenols is 1. The van der Waals surface area contributed by atoms with Gasteiger partial charge in [-0.15, -0.1) is 0 Å². The SMILES string of the molecule is COC1C(C(=O)O)OC(OC2C(O)C(COC(=O)CCC(=O)O[C@H]3CC[C@H]4[C@@H]5CCc6cc(O)ccc6[C@H]5CC[C@]34C)OC(C)C2NC(C)=O)C(O)C1O. The minimum Gasteiger partial charge on any atom is -0.508 e. The molecule has 2 saturated carbocycles. The molecule has 300 valence electrons. The van der Waals surface area contributed by atoms with Crippen molar-refractivity contribution in [2.45, 2.75) is 145 Å². The van der Waals surface area contributed by atoms with E-state index in [9.17, 15) is 44.7 Å². The standard InChI is InChI=1S/C38H53NO15/c1-17-29(39-18(2)40)33(53-37-32(46)31(45)34(49-4)35(54-37)36(47)48)30(44)25(51-17)16-50-27(42)11-12-28(43)52-26-10-9-24-23-7-5-19-15-20(41)6-8-21(19)22(23)13-14-38(24,26)3/h6,8,15,17,22-26,29-35,37,41,44-46H,5,7,9-14,16H2,1-4H3,(H,39,40)(H,47,48)/t17?,22-,23-,24+,25?,26+,29?,30?,31?,32?,33?,34?,35?,37?,38+/m1/s1. The second-order valence-corrected chi connectivity index (χ2v) is 15.7. The second-order valence-electron chi connectivity index (χ2n) is 15.7. The average molecular weight is 764 g/mol. The summed E-state index contributed by atoms with van der Waals surface area (Å²) in [6.07, 6.45) is -8.60. The number of aromatic hydroxyl groups is 1. The van der Waals surface area contributed by atoms with Gasteiger partial charge in [0.25, 0.3) is 0 Å². The van der Waals surface area contributed by atoms with Gasteiger partial charge in [0, 0.05) is 19.4 Å². The van der Waals surface area contributed by atoms with Crippen LogP contribution in [0.15, 0.2) is 18.2 Å². The Morgan fingerprint density at radius 2 is 1.70 bits per heavy atom. The molecule has 1 amide bonds. The summed E-state index contributed by atoms with van der Waals surface area (Å²) in [6.45, 7) is 4.56. The van der Waals surface area contributed by atoms with Gasteiger partial charge in [-0.05, 0) is 86.5 Å². The number of hydrogen-bond donors (Lipinski definition) is 6. The van der Waals surface area contributed by atoms with Crippen molar-refractivity contribution in [1.82, 2.24) is 5.32 Å². The predicted molar refractivity (Wildman–Crippen MR) is 185 cm³/mol. The van der Waals surface area contributed by atoms with E-state index in [0.29, 0.717) is 23.5 Å². The largest absolute Gasteiger partial charge is 0.508 e. The Bertz CT molecular complexity index is 1560. The van der Waals surface area contributed by atoms with Crippen LogP contribution in [-0.4, -0.2) is 130 Å². The zero-order chi connectivity index (χ0) is 39.1. The fourth-order valence-corrected chi connectivity index (χ4v) is 9.82. The number of rotatable bonds is 11. The van der Waals surface area contributed by atoms with Crippen LogP contribution in [0.1, 0.15) is 82.8 Å². The minimum absolute atomic E-state index is 0.165. The number of nitrogens with one attached hydrogen (secondary N) is 1. The van der Waals surface area contributed by atoms with Crippen LogP contribution in [0.2, 0.25) is 0 Å². The molecule has 2 heterocycles. The smallest absolute Gasteiger partial charge is 0.335 e. The van der Waals surface area contributed by atoms with Gasteiger partial charge in [0.1, 0.15) is 55.1 Å². The first-order valence-corrected chi connectivity index (χ1v) is 18.8. The number of carboxylic acids is 1. The Kier molecular flexibility index (Phi) is 12.2. The van der Waals surface area contributed by atoms with Gasteiger partial charge in [0.2, 0.25) is 5.91 Å². The highest BCUT2D eigenvalue weighted by Gasteiger charge is 2.57. The van der Waals surface area contributed by atoms with Gasteiger partial charge in [0.15, 0.2) is 12.4 Å². The topological polar surface area (TPSA) is 237 Å². The van der Waals surface area contributed by atoms with Crippen LogP contribution in [0, 0.1) is 17.3 Å². The number of carboxylic acid groups (broad SMARTS) is 1. The van der Waals surface area contributed by atoms with Crippen LogP contribution in [-0.2, 0) is 54.0 Å². The molecule has 15 atom stereocenters. The van der Waals surface area contributed by atoms with Gasteiger partial charge in [-0.3, -0.25) is 14.4 Å². The van der Waals surface area contributed by atoms with Crippen molar-refractivity contribution >= 4 is 23.8 Å². The number of aryl methyl sites for hydroxylation is 1. The van der Waals surface area contributed by atoms with Gasteiger partial charge in [0.05, 0.1) is 25.0 Å². The first kappa shape index (κ1) is 40.3. The van der Waals surface area contributed by atoms with Gasteiger partial charge >= 0.3 is 17.9 Å². The molecule has 0 bridgehead atoms. The van der Waals surface area contributed by atoms with Crippen LogP contribution < -0.4 is 5.32 Å². The van der Waals surface area contributed by atoms with Gasteiger partial charge in [-0.2, -0.15) is 0 Å². The molecule has 6 rings (SSSR count). The van der Waals surface area contributed by atoms with E-state index in [4.69, 9.17) is 28.4 Å². The van der Waals surface area contributed by atoms with Crippen molar-refractivity contribution in [2.24, 2.45) is 17.3 Å². The van der Waals surface area contributed by atoms with E-state index < -0.39 is 91.6 Å². The van der Waals surface area contributed by atoms with Crippen molar-refractivity contribution in [3.63, 3.8) is 0 Å². The molecule has 16 heteroatoms. The molecule has 0 radical (unpaired) electrons. The van der Waals surface area contributed by atoms with Crippen molar-refractivity contribution in [3.8, 4) is 5.75 Å². The van der Waals surface area contributed by atoms with E-state index in [0.717, 1.165) is 45.6 Å². The van der Waals surface area contributed by atoms with Crippen molar-refractivity contribution in [2.75, 3.05) is 13.7 Å². The fraction of sp³-hybridized carbons (Fsp3) is 0.737. The highest BCUT2D eigenvalue weighted by Crippen LogP contribution is 2.61. The van der Waals surface area contributed by atoms with Gasteiger partial charge in [-0.25, -0.2) is 4.79 Å². The Balaban J connectivity index is 1.01. The normalized spacial score (nSPS) is 40.1. The maximum Gasteiger partial charge on any atom is 0.335 e. The van der Waals surface area contributed by atoms with Crippen LogP contribution in [0.5, 0.6) is 5.75 Å². The summed E-state index contributed by atoms with van der Waals surface area (Å²) in [6, 6.07) is 4.69. The number of amides is 1. The fourth-order valence-electron chi connectivity index (χ4n) is 9.82. The number of fused-ring (bicyclic) bond motifs is 5. The number of ether oxygens (including phenoxy) is 6. The third-order valence-electron chi connectivity index (χ3n) is 12.5. The number of carbonyl (C=O) groups is 4. The summed E-state index contributed by atoms with van der Waals surface area (Å²) in [4.78, 5) is 49.7. The van der Waals surface area contributed by atoms with Crippen molar-refractivity contribution < 1.29 is 73.1 Å². The first-order chi connectivity index (χ1) is 25.6. The van der Waals surface area contributed by atoms with Crippen LogP contribution in [0.3, 0.4) is 0 Å². The maximum absolute atomic E-state index is 13.0. The number of phenolic OH excluding ortho intramolecular Hbond substituents is 1. The minimum atomic E-state index is -1.79. The van der Waals surface area contributed by atoms with Crippen LogP contribution >= 0.6 is 0 Å². The number of methoxy groups -OCH3 is 1. The molecule has 0 spiro atoms. The van der Waals surface area contributed by atoms with E-state index in [2.05, 4.69) is 18.3 Å². The highest BCUT2D eigenvalue weighted by molar-refractivity contribution is 5.78. The molecule has 3 aliphatic carbocycles. The summed E-state index contributed by atoms with van der Waals surface area (Å²) in [5.41, 5.74) is 2.38. The monoisotopic (exact) mass is 763 g/mol. The summed E-state index contributed by atoms with van der Waals surface area (Å²) >= 11 is 0. The van der Waals surface area contributed by atoms with E-state index in [1.54, 1.807) is 13.0 Å². The number of hydrogen-bond acceptors (Lipinski definition) is 14. The van der Waals surface area contributed by atoms with E-state index in [-0.39, 0.29) is 24.4 Å². The highest BCUT2D eigenvalue weighted by atomic mass is 16.7. The Hall–Kier alpha value is -3.38. The summed E-state index contributed by atoms with van der Waals surface area (Å²) in [5, 5.41) is 54.7. The zero-order valence-electron chi connectivity index (χ0n) is 31.0. The van der Waals surface area contributed by atoms with Gasteiger partial charge < -0.3 is 59.3 Å². The predicted octanol–water partition coefficient (Wildman–Crippen LogP) is 1.07. The third-order valence-corrected chi connectivity index (χ3v) is 12.5. The lowest BCUT2D eigenvalue weighted by Crippen LogP contribution is -2.67. The molecule has 16 nitrogen and oxygen atoms in total. The molecule has 5 aliphatic rings. The Morgan fingerprint density at radius 1 is 0.963 bits per heavy atom. The lowest BCUT2D eigenvalue weighted by molar-refractivity contribution is -0.327. The van der Waals surface area contributed by atoms with E-state index in [1.807, 2.05) is 6.07 Å². The number of aliphatic hydroxyl groups is 3. The summed E-state index contributed by atoms with van der Waals surface area (Å²) in [7, 11) is 1.15. The van der Waals surface area contributed by atoms with Gasteiger partial charge in [-0.1, -0.05) is 13.0 Å². The van der Waals surface area contributed by atoms with Crippen molar-refractivity contribution in [1.29, 1.82) is 0 Å². The van der Waals surface area contributed by atoms with Crippen LogP contribution in [0.25, 0.3) is 0 Å². The molecule has 0 aromatic heterocycles. The third kappa shape index (κ3) is 7.97. The Labute approximate surface area is 313 Å². The number of benzene rings is 1. The number of aliphatic carboxylic acids is 1. The molecular weight excluding hydrogens is 710 g/mol. The summed E-state index contributed by atoms with van der Waals surface area (Å²) in [5.74, 6) is -1.61. The van der Waals surface area contributed by atoms with E-state index >= 15 is 0 Å². The van der Waals surface area contributed by atoms with E-state index in [1.165, 1.54) is 18.1 Å². The first-order valence-electron chi connectivity index (χ1n) is 18.8. The average Bonchev–Trinajstić information content (AvgIpc) is 3.46. The lowest BCUT2D eigenvalue weighted by atomic mass is 9.55. The Morgan fingerprint density at radius 3 is 2.41 bits per heavy atom. The number of aliphatic hydroxyl groups excluding tert-OH is 3. The van der Waals surface area contributed by atoms with Crippen LogP contribution in [0.4, 0.5) is 0 Å². The molecule has 10 unspecified atom stereocenters. The quantitative estimate of drug-likeness (QED) is 0.173. The second kappa shape index (κ2) is 16.4. The molecule has 1 aromatic carbocycles.